The number of hydrogen-bond donors (Lipinski definition) is 2. The van der Waals surface area contributed by atoms with Crippen molar-refractivity contribution in [3.63, 3.8) is 0 Å². The van der Waals surface area contributed by atoms with Gasteiger partial charge in [-0.1, -0.05) is 35.3 Å². The highest BCUT2D eigenvalue weighted by Crippen LogP contribution is 2.21. The van der Waals surface area contributed by atoms with Gasteiger partial charge in [0.25, 0.3) is 11.5 Å². The first-order valence-corrected chi connectivity index (χ1v) is 9.07. The van der Waals surface area contributed by atoms with Gasteiger partial charge in [-0.2, -0.15) is 9.78 Å². The highest BCUT2D eigenvalue weighted by molar-refractivity contribution is 6.30. The van der Waals surface area contributed by atoms with E-state index in [0.717, 1.165) is 4.68 Å². The maximum atomic E-state index is 12.9. The Hall–Kier alpha value is -2.74. The van der Waals surface area contributed by atoms with Crippen molar-refractivity contribution < 1.29 is 9.90 Å². The Labute approximate surface area is 170 Å². The summed E-state index contributed by atoms with van der Waals surface area (Å²) in [7, 11) is 0. The molecule has 0 saturated heterocycles. The summed E-state index contributed by atoms with van der Waals surface area (Å²) in [5.41, 5.74) is 0.609. The highest BCUT2D eigenvalue weighted by atomic mass is 35.5. The van der Waals surface area contributed by atoms with Gasteiger partial charge in [-0.15, -0.1) is 0 Å². The lowest BCUT2D eigenvalue weighted by molar-refractivity contribution is 0.0920. The van der Waals surface area contributed by atoms with Crippen LogP contribution in [0.5, 0.6) is 0 Å². The fourth-order valence-corrected chi connectivity index (χ4v) is 2.75. The highest BCUT2D eigenvalue weighted by Gasteiger charge is 2.19. The van der Waals surface area contributed by atoms with Gasteiger partial charge in [0.1, 0.15) is 5.56 Å². The normalized spacial score (nSPS) is 11.9. The number of carbonyl (C=O) groups is 1. The number of aromatic nitrogens is 3. The fraction of sp³-hybridized carbons (Fsp3) is 0.158. The second-order valence-corrected chi connectivity index (χ2v) is 6.96. The molecule has 7 nitrogen and oxygen atoms in total. The van der Waals surface area contributed by atoms with Crippen molar-refractivity contribution in [2.45, 2.75) is 13.0 Å². The zero-order valence-corrected chi connectivity index (χ0v) is 16.3. The molecule has 1 aromatic carbocycles. The zero-order valence-electron chi connectivity index (χ0n) is 14.8. The van der Waals surface area contributed by atoms with Crippen LogP contribution < -0.4 is 10.9 Å². The van der Waals surface area contributed by atoms with E-state index in [4.69, 9.17) is 23.2 Å². The largest absolute Gasteiger partial charge is 0.394 e. The van der Waals surface area contributed by atoms with Crippen molar-refractivity contribution >= 4 is 29.1 Å². The van der Waals surface area contributed by atoms with Crippen molar-refractivity contribution in [1.82, 2.24) is 20.1 Å². The van der Waals surface area contributed by atoms with E-state index in [9.17, 15) is 14.7 Å². The second kappa shape index (κ2) is 8.52. The van der Waals surface area contributed by atoms with Crippen LogP contribution in [-0.2, 0) is 0 Å². The van der Waals surface area contributed by atoms with Gasteiger partial charge in [0.05, 0.1) is 29.2 Å². The second-order valence-electron chi connectivity index (χ2n) is 6.09. The lowest BCUT2D eigenvalue weighted by Crippen LogP contribution is -2.39. The molecule has 0 spiro atoms. The van der Waals surface area contributed by atoms with E-state index in [2.05, 4.69) is 15.4 Å². The van der Waals surface area contributed by atoms with Crippen LogP contribution in [-0.4, -0.2) is 38.4 Å². The smallest absolute Gasteiger partial charge is 0.284 e. The average molecular weight is 419 g/mol. The number of carbonyl (C=O) groups excluding carboxylic acids is 1. The van der Waals surface area contributed by atoms with Gasteiger partial charge < -0.3 is 10.4 Å². The molecule has 0 saturated carbocycles. The molecule has 1 atom stereocenters. The van der Waals surface area contributed by atoms with Gasteiger partial charge in [-0.25, -0.2) is 0 Å². The molecule has 2 aromatic heterocycles. The maximum absolute atomic E-state index is 12.9. The molecule has 1 amide bonds. The minimum absolute atomic E-state index is 0.125. The van der Waals surface area contributed by atoms with Crippen LogP contribution in [0.4, 0.5) is 0 Å². The number of amides is 1. The summed E-state index contributed by atoms with van der Waals surface area (Å²) >= 11 is 11.9. The van der Waals surface area contributed by atoms with E-state index in [1.54, 1.807) is 31.2 Å². The molecule has 0 radical (unpaired) electrons. The SMILES string of the molecule is C[C@@H](CO)NC(=O)c1cc(-c2ccc(Cl)cc2)nn(-c2cncc(Cl)c2)c1=O. The molecule has 2 N–H and O–H groups in total. The van der Waals surface area contributed by atoms with Gasteiger partial charge in [-0.3, -0.25) is 14.6 Å². The molecule has 3 aromatic rings. The molecule has 144 valence electrons. The molecule has 3 rings (SSSR count). The first-order chi connectivity index (χ1) is 13.4. The number of rotatable bonds is 5. The molecule has 9 heteroatoms. The summed E-state index contributed by atoms with van der Waals surface area (Å²) in [5.74, 6) is -0.618. The average Bonchev–Trinajstić information content (AvgIpc) is 2.68. The Morgan fingerprint density at radius 3 is 2.54 bits per heavy atom. The lowest BCUT2D eigenvalue weighted by atomic mass is 10.1. The van der Waals surface area contributed by atoms with Crippen molar-refractivity contribution in [3.05, 3.63) is 74.8 Å². The summed E-state index contributed by atoms with van der Waals surface area (Å²) in [5, 5.41) is 17.0. The Kier molecular flexibility index (Phi) is 6.08. The summed E-state index contributed by atoms with van der Waals surface area (Å²) in [6, 6.07) is 9.24. The first kappa shape index (κ1) is 20.0. The van der Waals surface area contributed by atoms with E-state index in [0.29, 0.717) is 27.0 Å². The molecule has 0 bridgehead atoms. The van der Waals surface area contributed by atoms with E-state index in [-0.39, 0.29) is 12.2 Å². The number of halogens is 2. The summed E-state index contributed by atoms with van der Waals surface area (Å²) in [4.78, 5) is 29.5. The van der Waals surface area contributed by atoms with Crippen LogP contribution in [0, 0.1) is 0 Å². The van der Waals surface area contributed by atoms with Gasteiger partial charge in [0.15, 0.2) is 0 Å². The van der Waals surface area contributed by atoms with Crippen LogP contribution in [0.3, 0.4) is 0 Å². The Morgan fingerprint density at radius 1 is 1.18 bits per heavy atom. The number of benzene rings is 1. The number of nitrogens with one attached hydrogen (secondary N) is 1. The van der Waals surface area contributed by atoms with E-state index in [1.807, 2.05) is 0 Å². The topological polar surface area (TPSA) is 97.1 Å². The summed E-state index contributed by atoms with van der Waals surface area (Å²) in [6.45, 7) is 1.37. The van der Waals surface area contributed by atoms with Gasteiger partial charge in [-0.05, 0) is 31.2 Å². The molecule has 0 aliphatic carbocycles. The molecule has 0 aliphatic heterocycles. The molecule has 0 aliphatic rings. The lowest BCUT2D eigenvalue weighted by Gasteiger charge is -2.13. The van der Waals surface area contributed by atoms with Gasteiger partial charge in [0, 0.05) is 22.8 Å². The summed E-state index contributed by atoms with van der Waals surface area (Å²) in [6.07, 6.45) is 2.85. The third-order valence-corrected chi connectivity index (χ3v) is 4.34. The standard InChI is InChI=1S/C19H16Cl2N4O3/c1-11(10-26)23-18(27)16-7-17(12-2-4-13(20)5-3-12)24-25(19(16)28)15-6-14(21)8-22-9-15/h2-9,11,26H,10H2,1H3,(H,23,27)/t11-/m0/s1. The third kappa shape index (κ3) is 4.39. The molecule has 0 unspecified atom stereocenters. The monoisotopic (exact) mass is 418 g/mol. The van der Waals surface area contributed by atoms with Crippen LogP contribution in [0.25, 0.3) is 16.9 Å². The molecule has 2 heterocycles. The zero-order chi connectivity index (χ0) is 20.3. The third-order valence-electron chi connectivity index (χ3n) is 3.88. The minimum atomic E-state index is -0.635. The van der Waals surface area contributed by atoms with Crippen LogP contribution in [0.2, 0.25) is 10.0 Å². The molecular formula is C19H16Cl2N4O3. The molecule has 0 fully saturated rings. The van der Waals surface area contributed by atoms with E-state index < -0.39 is 17.5 Å². The first-order valence-electron chi connectivity index (χ1n) is 8.32. The van der Waals surface area contributed by atoms with Crippen molar-refractivity contribution in [1.29, 1.82) is 0 Å². The van der Waals surface area contributed by atoms with E-state index >= 15 is 0 Å². The predicted octanol–water partition coefficient (Wildman–Crippen LogP) is 2.71. The number of aliphatic hydroxyl groups is 1. The minimum Gasteiger partial charge on any atom is -0.394 e. The maximum Gasteiger partial charge on any atom is 0.284 e. The molecule has 28 heavy (non-hydrogen) atoms. The number of hydrogen-bond acceptors (Lipinski definition) is 5. The quantitative estimate of drug-likeness (QED) is 0.663. The fourth-order valence-electron chi connectivity index (χ4n) is 2.46. The van der Waals surface area contributed by atoms with Crippen LogP contribution in [0.1, 0.15) is 17.3 Å². The van der Waals surface area contributed by atoms with Crippen LogP contribution >= 0.6 is 23.2 Å². The van der Waals surface area contributed by atoms with Gasteiger partial charge >= 0.3 is 0 Å². The number of pyridine rings is 1. The Morgan fingerprint density at radius 2 is 1.89 bits per heavy atom. The Bertz CT molecular complexity index is 1070. The van der Waals surface area contributed by atoms with Crippen LogP contribution in [0.15, 0.2) is 53.6 Å². The van der Waals surface area contributed by atoms with Gasteiger partial charge in [0.2, 0.25) is 0 Å². The summed E-state index contributed by atoms with van der Waals surface area (Å²) < 4.78 is 1.07. The Balaban J connectivity index is 2.19. The van der Waals surface area contributed by atoms with Crippen molar-refractivity contribution in [3.8, 4) is 16.9 Å². The number of nitrogens with zero attached hydrogens (tertiary/aromatic N) is 3. The van der Waals surface area contributed by atoms with Crippen molar-refractivity contribution in [2.75, 3.05) is 6.61 Å². The molecular weight excluding hydrogens is 403 g/mol. The van der Waals surface area contributed by atoms with E-state index in [1.165, 1.54) is 24.5 Å². The number of aliphatic hydroxyl groups excluding tert-OH is 1. The van der Waals surface area contributed by atoms with Crippen molar-refractivity contribution in [2.24, 2.45) is 0 Å². The predicted molar refractivity (Wildman–Crippen MR) is 107 cm³/mol.